The first-order valence-corrected chi connectivity index (χ1v) is 7.68. The highest BCUT2D eigenvalue weighted by Crippen LogP contribution is 2.37. The van der Waals surface area contributed by atoms with Gasteiger partial charge in [-0.05, 0) is 29.1 Å². The van der Waals surface area contributed by atoms with Gasteiger partial charge in [0.2, 0.25) is 6.79 Å². The van der Waals surface area contributed by atoms with E-state index in [1.165, 1.54) is 4.88 Å². The summed E-state index contributed by atoms with van der Waals surface area (Å²) in [5.74, 6) is 2.20. The molecule has 0 fully saturated rings. The van der Waals surface area contributed by atoms with Crippen LogP contribution in [0.25, 0.3) is 0 Å². The van der Waals surface area contributed by atoms with E-state index in [1.807, 2.05) is 12.1 Å². The summed E-state index contributed by atoms with van der Waals surface area (Å²) in [6, 6.07) is 10.4. The first kappa shape index (κ1) is 12.5. The van der Waals surface area contributed by atoms with E-state index in [2.05, 4.69) is 33.5 Å². The molecule has 2 N–H and O–H groups in total. The maximum absolute atomic E-state index is 6.06. The first-order valence-electron chi connectivity index (χ1n) is 6.80. The summed E-state index contributed by atoms with van der Waals surface area (Å²) in [6.45, 7) is 1.75. The van der Waals surface area contributed by atoms with Gasteiger partial charge in [-0.15, -0.1) is 11.3 Å². The molecule has 5 nitrogen and oxygen atoms in total. The zero-order valence-corrected chi connectivity index (χ0v) is 12.2. The molecule has 0 bridgehead atoms. The van der Waals surface area contributed by atoms with Crippen LogP contribution in [0, 0.1) is 0 Å². The zero-order valence-electron chi connectivity index (χ0n) is 11.4. The van der Waals surface area contributed by atoms with Crippen LogP contribution in [0.15, 0.2) is 40.7 Å². The van der Waals surface area contributed by atoms with E-state index < -0.39 is 0 Å². The van der Waals surface area contributed by atoms with Crippen LogP contribution in [0.1, 0.15) is 16.5 Å². The first-order chi connectivity index (χ1) is 10.3. The van der Waals surface area contributed by atoms with E-state index in [0.717, 1.165) is 23.6 Å². The van der Waals surface area contributed by atoms with Gasteiger partial charge in [-0.2, -0.15) is 0 Å². The molecular formula is C15H15N3O2S. The number of fused-ring (bicyclic) bond motifs is 1. The second-order valence-corrected chi connectivity index (χ2v) is 6.07. The number of hydrogen-bond acceptors (Lipinski definition) is 6. The average Bonchev–Trinajstić information content (AvgIpc) is 3.21. The molecule has 21 heavy (non-hydrogen) atoms. The number of thiophene rings is 1. The maximum atomic E-state index is 6.06. The van der Waals surface area contributed by atoms with Gasteiger partial charge in [0.15, 0.2) is 17.5 Å². The third kappa shape index (κ3) is 2.21. The minimum Gasteiger partial charge on any atom is -0.454 e. The Morgan fingerprint density at radius 2 is 2.19 bits per heavy atom. The van der Waals surface area contributed by atoms with Gasteiger partial charge >= 0.3 is 0 Å². The van der Waals surface area contributed by atoms with Gasteiger partial charge in [-0.25, -0.2) is 0 Å². The predicted octanol–water partition coefficient (Wildman–Crippen LogP) is 2.35. The normalized spacial score (nSPS) is 19.9. The number of aliphatic imine (C=N–C) groups is 1. The Morgan fingerprint density at radius 3 is 3.05 bits per heavy atom. The molecule has 1 atom stereocenters. The lowest BCUT2D eigenvalue weighted by Gasteiger charge is -2.26. The molecule has 0 amide bonds. The molecule has 0 aliphatic carbocycles. The molecule has 0 saturated carbocycles. The van der Waals surface area contributed by atoms with Crippen molar-refractivity contribution in [2.45, 2.75) is 12.6 Å². The third-order valence-electron chi connectivity index (χ3n) is 3.78. The van der Waals surface area contributed by atoms with E-state index in [-0.39, 0.29) is 6.04 Å². The molecule has 0 saturated heterocycles. The Kier molecular flexibility index (Phi) is 2.96. The minimum atomic E-state index is 0.154. The van der Waals surface area contributed by atoms with Gasteiger partial charge in [-0.3, -0.25) is 4.99 Å². The monoisotopic (exact) mass is 301 g/mol. The fourth-order valence-electron chi connectivity index (χ4n) is 2.70. The second kappa shape index (κ2) is 4.96. The summed E-state index contributed by atoms with van der Waals surface area (Å²) >= 11 is 1.73. The number of rotatable bonds is 3. The fourth-order valence-corrected chi connectivity index (χ4v) is 3.40. The summed E-state index contributed by atoms with van der Waals surface area (Å²) in [5.41, 5.74) is 7.21. The molecule has 2 aliphatic rings. The quantitative estimate of drug-likeness (QED) is 0.945. The van der Waals surface area contributed by atoms with E-state index in [1.54, 1.807) is 11.3 Å². The van der Waals surface area contributed by atoms with Crippen molar-refractivity contribution in [2.75, 3.05) is 13.3 Å². The van der Waals surface area contributed by atoms with E-state index in [0.29, 0.717) is 19.3 Å². The highest BCUT2D eigenvalue weighted by Gasteiger charge is 2.29. The Balaban J connectivity index is 1.61. The minimum absolute atomic E-state index is 0.154. The molecule has 0 spiro atoms. The number of nitrogens with two attached hydrogens (primary N) is 1. The van der Waals surface area contributed by atoms with Crippen molar-refractivity contribution >= 4 is 17.3 Å². The second-order valence-electron chi connectivity index (χ2n) is 5.03. The van der Waals surface area contributed by atoms with Crippen molar-refractivity contribution in [1.82, 2.24) is 4.90 Å². The van der Waals surface area contributed by atoms with Gasteiger partial charge in [0, 0.05) is 4.88 Å². The molecule has 6 heteroatoms. The summed E-state index contributed by atoms with van der Waals surface area (Å²) in [7, 11) is 0. The lowest BCUT2D eigenvalue weighted by atomic mass is 10.1. The van der Waals surface area contributed by atoms with Crippen LogP contribution in [0.4, 0.5) is 0 Å². The van der Waals surface area contributed by atoms with Gasteiger partial charge < -0.3 is 20.1 Å². The summed E-state index contributed by atoms with van der Waals surface area (Å²) < 4.78 is 10.8. The van der Waals surface area contributed by atoms with Crippen LogP contribution in [-0.4, -0.2) is 24.2 Å². The summed E-state index contributed by atoms with van der Waals surface area (Å²) in [6.07, 6.45) is 0. The molecule has 108 valence electrons. The molecule has 1 aromatic heterocycles. The Bertz CT molecular complexity index is 684. The average molecular weight is 301 g/mol. The number of benzene rings is 1. The highest BCUT2D eigenvalue weighted by atomic mass is 32.1. The SMILES string of the molecule is NC1=NCC(c2ccc3c(c2)OCO3)N1Cc1cccs1. The Morgan fingerprint density at radius 1 is 1.29 bits per heavy atom. The van der Waals surface area contributed by atoms with Crippen molar-refractivity contribution < 1.29 is 9.47 Å². The van der Waals surface area contributed by atoms with Crippen LogP contribution in [0.5, 0.6) is 11.5 Å². The third-order valence-corrected chi connectivity index (χ3v) is 4.65. The smallest absolute Gasteiger partial charge is 0.231 e. The lowest BCUT2D eigenvalue weighted by Crippen LogP contribution is -2.35. The lowest BCUT2D eigenvalue weighted by molar-refractivity contribution is 0.174. The van der Waals surface area contributed by atoms with Crippen molar-refractivity contribution in [3.63, 3.8) is 0 Å². The van der Waals surface area contributed by atoms with Gasteiger partial charge in [0.05, 0.1) is 19.1 Å². The van der Waals surface area contributed by atoms with Gasteiger partial charge in [0.1, 0.15) is 0 Å². The van der Waals surface area contributed by atoms with E-state index in [9.17, 15) is 0 Å². The number of nitrogens with zero attached hydrogens (tertiary/aromatic N) is 2. The number of guanidine groups is 1. The van der Waals surface area contributed by atoms with Crippen LogP contribution < -0.4 is 15.2 Å². The molecule has 1 aromatic carbocycles. The van der Waals surface area contributed by atoms with Crippen molar-refractivity contribution in [3.8, 4) is 11.5 Å². The molecule has 2 aromatic rings. The van der Waals surface area contributed by atoms with Crippen LogP contribution in [0.2, 0.25) is 0 Å². The number of hydrogen-bond donors (Lipinski definition) is 1. The van der Waals surface area contributed by atoms with Crippen LogP contribution in [-0.2, 0) is 6.54 Å². The fraction of sp³-hybridized carbons (Fsp3) is 0.267. The van der Waals surface area contributed by atoms with Crippen LogP contribution in [0.3, 0.4) is 0 Å². The highest BCUT2D eigenvalue weighted by molar-refractivity contribution is 7.09. The predicted molar refractivity (Wildman–Crippen MR) is 81.7 cm³/mol. The standard InChI is InChI=1S/C15H15N3O2S/c16-15-17-7-12(18(15)8-11-2-1-5-21-11)10-3-4-13-14(6-10)20-9-19-13/h1-6,12H,7-9H2,(H2,16,17). The molecule has 3 heterocycles. The molecule has 0 radical (unpaired) electrons. The van der Waals surface area contributed by atoms with Crippen LogP contribution >= 0.6 is 11.3 Å². The summed E-state index contributed by atoms with van der Waals surface area (Å²) in [5, 5.41) is 2.08. The molecular weight excluding hydrogens is 286 g/mol. The van der Waals surface area contributed by atoms with Crippen molar-refractivity contribution in [1.29, 1.82) is 0 Å². The Hall–Kier alpha value is -2.21. The topological polar surface area (TPSA) is 60.1 Å². The van der Waals surface area contributed by atoms with E-state index in [4.69, 9.17) is 15.2 Å². The van der Waals surface area contributed by atoms with Gasteiger partial charge in [0.25, 0.3) is 0 Å². The van der Waals surface area contributed by atoms with E-state index >= 15 is 0 Å². The molecule has 4 rings (SSSR count). The molecule has 1 unspecified atom stereocenters. The molecule has 2 aliphatic heterocycles. The maximum Gasteiger partial charge on any atom is 0.231 e. The van der Waals surface area contributed by atoms with Gasteiger partial charge in [-0.1, -0.05) is 12.1 Å². The van der Waals surface area contributed by atoms with Crippen molar-refractivity contribution in [3.05, 3.63) is 46.2 Å². The zero-order chi connectivity index (χ0) is 14.2. The Labute approximate surface area is 126 Å². The number of ether oxygens (including phenoxy) is 2. The largest absolute Gasteiger partial charge is 0.454 e. The summed E-state index contributed by atoms with van der Waals surface area (Å²) in [4.78, 5) is 7.82. The van der Waals surface area contributed by atoms with Crippen molar-refractivity contribution in [2.24, 2.45) is 10.7 Å².